The summed E-state index contributed by atoms with van der Waals surface area (Å²) >= 11 is 5.85. The molecule has 1 amide bonds. The van der Waals surface area contributed by atoms with Crippen molar-refractivity contribution in [3.05, 3.63) is 53.1 Å². The Morgan fingerprint density at radius 3 is 2.43 bits per heavy atom. The fourth-order valence-electron chi connectivity index (χ4n) is 3.37. The summed E-state index contributed by atoms with van der Waals surface area (Å²) in [6.45, 7) is 5.14. The lowest BCUT2D eigenvalue weighted by molar-refractivity contribution is -0.135. The van der Waals surface area contributed by atoms with Crippen molar-refractivity contribution >= 4 is 17.5 Å². The molecule has 0 atom stereocenters. The van der Waals surface area contributed by atoms with Gasteiger partial charge in [-0.25, -0.2) is 0 Å². The van der Waals surface area contributed by atoms with Crippen molar-refractivity contribution in [3.63, 3.8) is 0 Å². The predicted octanol–water partition coefficient (Wildman–Crippen LogP) is 2.83. The molecule has 0 N–H and O–H groups in total. The number of carbonyl (C=O) groups excluding carboxylic acids is 1. The van der Waals surface area contributed by atoms with Crippen LogP contribution in [0, 0.1) is 0 Å². The maximum atomic E-state index is 12.4. The quantitative estimate of drug-likeness (QED) is 0.769. The number of rotatable bonds is 5. The van der Waals surface area contributed by atoms with Gasteiger partial charge >= 0.3 is 0 Å². The Kier molecular flexibility index (Phi) is 5.88. The molecule has 1 fully saturated rings. The van der Waals surface area contributed by atoms with Crippen molar-refractivity contribution in [2.45, 2.75) is 6.54 Å². The number of fused-ring (bicyclic) bond motifs is 1. The average Bonchev–Trinajstić information content (AvgIpc) is 2.73. The number of carbonyl (C=O) groups is 1. The smallest absolute Gasteiger partial charge is 0.260 e. The lowest BCUT2D eigenvalue weighted by Gasteiger charge is -2.34. The molecule has 0 radical (unpaired) electrons. The molecule has 0 bridgehead atoms. The lowest BCUT2D eigenvalue weighted by Crippen LogP contribution is -2.49. The van der Waals surface area contributed by atoms with Crippen molar-refractivity contribution in [3.8, 4) is 17.2 Å². The van der Waals surface area contributed by atoms with E-state index >= 15 is 0 Å². The molecule has 0 aromatic heterocycles. The number of ether oxygens (including phenoxy) is 3. The first-order valence-electron chi connectivity index (χ1n) is 9.44. The van der Waals surface area contributed by atoms with Crippen LogP contribution in [0.5, 0.6) is 17.2 Å². The SMILES string of the molecule is O=C(COc1ccc(Cl)cc1)N1CCN(Cc2ccc3c(c2)OCCO3)CC1. The third-order valence-corrected chi connectivity index (χ3v) is 5.17. The van der Waals surface area contributed by atoms with E-state index in [1.807, 2.05) is 17.0 Å². The summed E-state index contributed by atoms with van der Waals surface area (Å²) in [5.41, 5.74) is 1.19. The van der Waals surface area contributed by atoms with Gasteiger partial charge in [-0.3, -0.25) is 9.69 Å². The monoisotopic (exact) mass is 402 g/mol. The van der Waals surface area contributed by atoms with Gasteiger partial charge in [0.1, 0.15) is 19.0 Å². The molecule has 2 aromatic carbocycles. The van der Waals surface area contributed by atoms with Crippen molar-refractivity contribution in [2.75, 3.05) is 46.0 Å². The van der Waals surface area contributed by atoms with E-state index in [0.717, 1.165) is 31.1 Å². The number of nitrogens with zero attached hydrogens (tertiary/aromatic N) is 2. The van der Waals surface area contributed by atoms with Gasteiger partial charge in [0.15, 0.2) is 18.1 Å². The van der Waals surface area contributed by atoms with Gasteiger partial charge in [-0.2, -0.15) is 0 Å². The number of halogens is 1. The maximum absolute atomic E-state index is 12.4. The third-order valence-electron chi connectivity index (χ3n) is 4.91. The van der Waals surface area contributed by atoms with Crippen LogP contribution in [0.2, 0.25) is 5.02 Å². The molecule has 4 rings (SSSR count). The fraction of sp³-hybridized carbons (Fsp3) is 0.381. The molecule has 2 aromatic rings. The lowest BCUT2D eigenvalue weighted by atomic mass is 10.1. The van der Waals surface area contributed by atoms with E-state index in [-0.39, 0.29) is 12.5 Å². The predicted molar refractivity (Wildman–Crippen MR) is 106 cm³/mol. The minimum absolute atomic E-state index is 0.00827. The molecule has 0 unspecified atom stereocenters. The highest BCUT2D eigenvalue weighted by Gasteiger charge is 2.22. The molecule has 6 nitrogen and oxygen atoms in total. The van der Waals surface area contributed by atoms with E-state index in [1.165, 1.54) is 5.56 Å². The summed E-state index contributed by atoms with van der Waals surface area (Å²) in [6, 6.07) is 13.1. The summed E-state index contributed by atoms with van der Waals surface area (Å²) in [7, 11) is 0. The second kappa shape index (κ2) is 8.71. The Hall–Kier alpha value is -2.44. The van der Waals surface area contributed by atoms with Gasteiger partial charge in [0.05, 0.1) is 0 Å². The van der Waals surface area contributed by atoms with Crippen LogP contribution in [0.1, 0.15) is 5.56 Å². The number of piperazine rings is 1. The Morgan fingerprint density at radius 1 is 0.964 bits per heavy atom. The zero-order valence-electron chi connectivity index (χ0n) is 15.6. The van der Waals surface area contributed by atoms with Gasteiger partial charge in [-0.15, -0.1) is 0 Å². The molecule has 0 aliphatic carbocycles. The Balaban J connectivity index is 1.24. The van der Waals surface area contributed by atoms with Crippen LogP contribution in [0.25, 0.3) is 0 Å². The van der Waals surface area contributed by atoms with Gasteiger partial charge < -0.3 is 19.1 Å². The Morgan fingerprint density at radius 2 is 1.68 bits per heavy atom. The number of benzene rings is 2. The molecule has 2 aliphatic rings. The zero-order chi connectivity index (χ0) is 19.3. The first-order valence-corrected chi connectivity index (χ1v) is 9.82. The van der Waals surface area contributed by atoms with E-state index in [9.17, 15) is 4.79 Å². The second-order valence-electron chi connectivity index (χ2n) is 6.88. The van der Waals surface area contributed by atoms with Crippen molar-refractivity contribution < 1.29 is 19.0 Å². The first kappa shape index (κ1) is 18.9. The van der Waals surface area contributed by atoms with Gasteiger partial charge in [0.25, 0.3) is 5.91 Å². The molecule has 2 aliphatic heterocycles. The van der Waals surface area contributed by atoms with Crippen LogP contribution >= 0.6 is 11.6 Å². The highest BCUT2D eigenvalue weighted by Crippen LogP contribution is 2.31. The van der Waals surface area contributed by atoms with E-state index in [0.29, 0.717) is 37.1 Å². The largest absolute Gasteiger partial charge is 0.486 e. The van der Waals surface area contributed by atoms with E-state index < -0.39 is 0 Å². The zero-order valence-corrected chi connectivity index (χ0v) is 16.4. The number of amides is 1. The van der Waals surface area contributed by atoms with Crippen LogP contribution in [-0.4, -0.2) is 61.7 Å². The van der Waals surface area contributed by atoms with Crippen molar-refractivity contribution in [1.29, 1.82) is 0 Å². The minimum Gasteiger partial charge on any atom is -0.486 e. The second-order valence-corrected chi connectivity index (χ2v) is 7.31. The van der Waals surface area contributed by atoms with Gasteiger partial charge in [0, 0.05) is 37.7 Å². The molecule has 0 saturated carbocycles. The summed E-state index contributed by atoms with van der Waals surface area (Å²) in [4.78, 5) is 16.6. The van der Waals surface area contributed by atoms with Gasteiger partial charge in [0.2, 0.25) is 0 Å². The third kappa shape index (κ3) is 4.69. The van der Waals surface area contributed by atoms with Crippen LogP contribution in [0.4, 0.5) is 0 Å². The summed E-state index contributed by atoms with van der Waals surface area (Å²) in [5.74, 6) is 2.28. The first-order chi connectivity index (χ1) is 13.7. The molecule has 7 heteroatoms. The Labute approximate surface area is 169 Å². The molecular weight excluding hydrogens is 380 g/mol. The summed E-state index contributed by atoms with van der Waals surface area (Å²) < 4.78 is 16.8. The molecule has 0 spiro atoms. The van der Waals surface area contributed by atoms with E-state index in [1.54, 1.807) is 24.3 Å². The van der Waals surface area contributed by atoms with Gasteiger partial charge in [-0.1, -0.05) is 17.7 Å². The summed E-state index contributed by atoms with van der Waals surface area (Å²) in [5, 5.41) is 0.646. The Bertz CT molecular complexity index is 820. The molecular formula is C21H23ClN2O4. The van der Waals surface area contributed by atoms with Crippen LogP contribution < -0.4 is 14.2 Å². The van der Waals surface area contributed by atoms with Crippen molar-refractivity contribution in [1.82, 2.24) is 9.80 Å². The van der Waals surface area contributed by atoms with E-state index in [4.69, 9.17) is 25.8 Å². The average molecular weight is 403 g/mol. The molecule has 1 saturated heterocycles. The maximum Gasteiger partial charge on any atom is 0.260 e. The summed E-state index contributed by atoms with van der Waals surface area (Å²) in [6.07, 6.45) is 0. The topological polar surface area (TPSA) is 51.2 Å². The normalized spacial score (nSPS) is 16.7. The van der Waals surface area contributed by atoms with E-state index in [2.05, 4.69) is 11.0 Å². The van der Waals surface area contributed by atoms with Crippen molar-refractivity contribution in [2.24, 2.45) is 0 Å². The highest BCUT2D eigenvalue weighted by atomic mass is 35.5. The number of hydrogen-bond donors (Lipinski definition) is 0. The molecule has 2 heterocycles. The fourth-order valence-corrected chi connectivity index (χ4v) is 3.49. The molecule has 148 valence electrons. The van der Waals surface area contributed by atoms with Crippen LogP contribution in [0.15, 0.2) is 42.5 Å². The minimum atomic E-state index is 0.00827. The number of hydrogen-bond acceptors (Lipinski definition) is 5. The molecule has 28 heavy (non-hydrogen) atoms. The van der Waals surface area contributed by atoms with Crippen LogP contribution in [0.3, 0.4) is 0 Å². The standard InChI is InChI=1S/C21H23ClN2O4/c22-17-2-4-18(5-3-17)28-15-21(25)24-9-7-23(8-10-24)14-16-1-6-19-20(13-16)27-12-11-26-19/h1-6,13H,7-12,14-15H2. The van der Waals surface area contributed by atoms with Gasteiger partial charge in [-0.05, 0) is 42.0 Å². The highest BCUT2D eigenvalue weighted by molar-refractivity contribution is 6.30. The van der Waals surface area contributed by atoms with Crippen LogP contribution in [-0.2, 0) is 11.3 Å².